The number of nitrogens with one attached hydrogen (secondary N) is 2. The molecule has 2 saturated heterocycles. The van der Waals surface area contributed by atoms with Gasteiger partial charge in [0.1, 0.15) is 0 Å². The average Bonchev–Trinajstić information content (AvgIpc) is 2.95. The van der Waals surface area contributed by atoms with Crippen LogP contribution < -0.4 is 10.6 Å². The van der Waals surface area contributed by atoms with Crippen molar-refractivity contribution in [2.45, 2.75) is 31.8 Å². The number of rotatable bonds is 3. The first-order valence-corrected chi connectivity index (χ1v) is 7.12. The van der Waals surface area contributed by atoms with Crippen molar-refractivity contribution in [1.29, 1.82) is 0 Å². The van der Waals surface area contributed by atoms with E-state index >= 15 is 0 Å². The molecule has 2 atom stereocenters. The van der Waals surface area contributed by atoms with E-state index in [9.17, 15) is 9.59 Å². The van der Waals surface area contributed by atoms with E-state index in [1.54, 1.807) is 7.05 Å². The Morgan fingerprint density at radius 3 is 2.58 bits per heavy atom. The van der Waals surface area contributed by atoms with Crippen molar-refractivity contribution in [2.75, 3.05) is 39.8 Å². The van der Waals surface area contributed by atoms with Crippen molar-refractivity contribution < 1.29 is 9.59 Å². The SMILES string of the molecule is CNC(=O)C1CCCN1C(C)C(=O)N1CCNCC1. The molecule has 0 aromatic carbocycles. The van der Waals surface area contributed by atoms with E-state index in [1.807, 2.05) is 16.7 Å². The fourth-order valence-corrected chi connectivity index (χ4v) is 2.99. The Hall–Kier alpha value is -1.14. The molecule has 2 N–H and O–H groups in total. The van der Waals surface area contributed by atoms with Gasteiger partial charge >= 0.3 is 0 Å². The zero-order valence-electron chi connectivity index (χ0n) is 11.8. The monoisotopic (exact) mass is 268 g/mol. The van der Waals surface area contributed by atoms with Crippen molar-refractivity contribution in [3.8, 4) is 0 Å². The van der Waals surface area contributed by atoms with Crippen LogP contribution in [0.4, 0.5) is 0 Å². The Balaban J connectivity index is 1.99. The molecule has 6 heteroatoms. The second-order valence-electron chi connectivity index (χ2n) is 5.26. The number of amides is 2. The van der Waals surface area contributed by atoms with Crippen molar-refractivity contribution in [3.63, 3.8) is 0 Å². The van der Waals surface area contributed by atoms with Crippen molar-refractivity contribution in [2.24, 2.45) is 0 Å². The summed E-state index contributed by atoms with van der Waals surface area (Å²) in [5.74, 6) is 0.176. The molecule has 2 heterocycles. The molecule has 2 fully saturated rings. The number of carbonyl (C=O) groups is 2. The van der Waals surface area contributed by atoms with Crippen LogP contribution in [0.25, 0.3) is 0 Å². The maximum Gasteiger partial charge on any atom is 0.239 e. The van der Waals surface area contributed by atoms with Crippen molar-refractivity contribution in [3.05, 3.63) is 0 Å². The summed E-state index contributed by atoms with van der Waals surface area (Å²) >= 11 is 0. The van der Waals surface area contributed by atoms with Crippen LogP contribution in [-0.4, -0.2) is 73.5 Å². The molecule has 2 aliphatic heterocycles. The minimum absolute atomic E-state index is 0.0254. The molecular weight excluding hydrogens is 244 g/mol. The fourth-order valence-electron chi connectivity index (χ4n) is 2.99. The first-order chi connectivity index (χ1) is 9.15. The van der Waals surface area contributed by atoms with Crippen molar-refractivity contribution >= 4 is 11.8 Å². The number of likely N-dealkylation sites (tertiary alicyclic amines) is 1. The Bertz CT molecular complexity index is 342. The molecular formula is C13H24N4O2. The predicted octanol–water partition coefficient (Wildman–Crippen LogP) is -0.983. The smallest absolute Gasteiger partial charge is 0.239 e. The van der Waals surface area contributed by atoms with Crippen LogP contribution >= 0.6 is 0 Å². The average molecular weight is 268 g/mol. The van der Waals surface area contributed by atoms with Crippen LogP contribution in [-0.2, 0) is 9.59 Å². The highest BCUT2D eigenvalue weighted by molar-refractivity contribution is 5.85. The van der Waals surface area contributed by atoms with Gasteiger partial charge in [0.15, 0.2) is 0 Å². The molecule has 0 aromatic rings. The van der Waals surface area contributed by atoms with E-state index in [0.29, 0.717) is 0 Å². The normalized spacial score (nSPS) is 26.2. The van der Waals surface area contributed by atoms with E-state index in [2.05, 4.69) is 10.6 Å². The van der Waals surface area contributed by atoms with Crippen LogP contribution in [0.15, 0.2) is 0 Å². The Morgan fingerprint density at radius 2 is 1.95 bits per heavy atom. The van der Waals surface area contributed by atoms with E-state index in [0.717, 1.165) is 45.6 Å². The van der Waals surface area contributed by atoms with Crippen LogP contribution in [0.1, 0.15) is 19.8 Å². The van der Waals surface area contributed by atoms with Gasteiger partial charge in [-0.15, -0.1) is 0 Å². The van der Waals surface area contributed by atoms with Crippen LogP contribution in [0.5, 0.6) is 0 Å². The predicted molar refractivity (Wildman–Crippen MR) is 72.7 cm³/mol. The Kier molecular flexibility index (Phi) is 4.76. The molecule has 2 amide bonds. The number of hydrogen-bond acceptors (Lipinski definition) is 4. The van der Waals surface area contributed by atoms with Gasteiger partial charge in [0.25, 0.3) is 0 Å². The van der Waals surface area contributed by atoms with Crippen molar-refractivity contribution in [1.82, 2.24) is 20.4 Å². The number of likely N-dealkylation sites (N-methyl/N-ethyl adjacent to an activating group) is 1. The van der Waals surface area contributed by atoms with Gasteiger partial charge < -0.3 is 15.5 Å². The third-order valence-electron chi connectivity index (χ3n) is 4.13. The van der Waals surface area contributed by atoms with Crippen LogP contribution in [0, 0.1) is 0 Å². The maximum atomic E-state index is 12.5. The second kappa shape index (κ2) is 6.34. The molecule has 2 unspecified atom stereocenters. The molecule has 2 aliphatic rings. The van der Waals surface area contributed by atoms with E-state index < -0.39 is 0 Å². The molecule has 0 aliphatic carbocycles. The number of nitrogens with zero attached hydrogens (tertiary/aromatic N) is 2. The summed E-state index contributed by atoms with van der Waals surface area (Å²) in [5.41, 5.74) is 0. The zero-order chi connectivity index (χ0) is 13.8. The highest BCUT2D eigenvalue weighted by atomic mass is 16.2. The first kappa shape index (κ1) is 14.3. The molecule has 6 nitrogen and oxygen atoms in total. The van der Waals surface area contributed by atoms with E-state index in [-0.39, 0.29) is 23.9 Å². The third kappa shape index (κ3) is 3.06. The van der Waals surface area contributed by atoms with Gasteiger partial charge in [-0.1, -0.05) is 0 Å². The number of piperazine rings is 1. The number of hydrogen-bond donors (Lipinski definition) is 2. The maximum absolute atomic E-state index is 12.5. The standard InChI is InChI=1S/C13H24N4O2/c1-10(13(19)16-8-5-15-6-9-16)17-7-3-4-11(17)12(18)14-2/h10-11,15H,3-9H2,1-2H3,(H,14,18). The lowest BCUT2D eigenvalue weighted by molar-refractivity contribution is -0.138. The third-order valence-corrected chi connectivity index (χ3v) is 4.13. The largest absolute Gasteiger partial charge is 0.358 e. The van der Waals surface area contributed by atoms with Gasteiger partial charge in [-0.05, 0) is 26.3 Å². The van der Waals surface area contributed by atoms with Gasteiger partial charge in [0.05, 0.1) is 12.1 Å². The van der Waals surface area contributed by atoms with E-state index in [4.69, 9.17) is 0 Å². The molecule has 0 radical (unpaired) electrons. The van der Waals surface area contributed by atoms with Gasteiger partial charge in [-0.3, -0.25) is 14.5 Å². The molecule has 2 rings (SSSR count). The highest BCUT2D eigenvalue weighted by Gasteiger charge is 2.37. The Labute approximate surface area is 114 Å². The van der Waals surface area contributed by atoms with Gasteiger partial charge in [0, 0.05) is 33.2 Å². The molecule has 19 heavy (non-hydrogen) atoms. The molecule has 0 aromatic heterocycles. The van der Waals surface area contributed by atoms with Gasteiger partial charge in [0.2, 0.25) is 11.8 Å². The summed E-state index contributed by atoms with van der Waals surface area (Å²) in [6, 6.07) is -0.352. The number of carbonyl (C=O) groups excluding carboxylic acids is 2. The summed E-state index contributed by atoms with van der Waals surface area (Å²) in [6.45, 7) is 6.00. The van der Waals surface area contributed by atoms with Crippen LogP contribution in [0.2, 0.25) is 0 Å². The summed E-state index contributed by atoms with van der Waals surface area (Å²) in [7, 11) is 1.65. The lowest BCUT2D eigenvalue weighted by Crippen LogP contribution is -2.55. The topological polar surface area (TPSA) is 64.7 Å². The second-order valence-corrected chi connectivity index (χ2v) is 5.26. The van der Waals surface area contributed by atoms with Gasteiger partial charge in [-0.25, -0.2) is 0 Å². The minimum Gasteiger partial charge on any atom is -0.358 e. The summed E-state index contributed by atoms with van der Waals surface area (Å²) in [4.78, 5) is 28.3. The quantitative estimate of drug-likeness (QED) is 0.690. The lowest BCUT2D eigenvalue weighted by atomic mass is 10.1. The summed E-state index contributed by atoms with van der Waals surface area (Å²) in [5, 5.41) is 5.94. The Morgan fingerprint density at radius 1 is 1.26 bits per heavy atom. The minimum atomic E-state index is -0.206. The summed E-state index contributed by atoms with van der Waals surface area (Å²) < 4.78 is 0. The molecule has 0 saturated carbocycles. The first-order valence-electron chi connectivity index (χ1n) is 7.12. The molecule has 0 bridgehead atoms. The lowest BCUT2D eigenvalue weighted by Gasteiger charge is -2.35. The fraction of sp³-hybridized carbons (Fsp3) is 0.846. The summed E-state index contributed by atoms with van der Waals surface area (Å²) in [6.07, 6.45) is 1.83. The van der Waals surface area contributed by atoms with E-state index in [1.165, 1.54) is 0 Å². The molecule has 108 valence electrons. The molecule has 0 spiro atoms. The zero-order valence-corrected chi connectivity index (χ0v) is 11.8. The highest BCUT2D eigenvalue weighted by Crippen LogP contribution is 2.21. The van der Waals surface area contributed by atoms with Crippen LogP contribution in [0.3, 0.4) is 0 Å². The van der Waals surface area contributed by atoms with Gasteiger partial charge in [-0.2, -0.15) is 0 Å².